The van der Waals surface area contributed by atoms with Gasteiger partial charge in [-0.15, -0.1) is 0 Å². The second kappa shape index (κ2) is 15.4. The first-order chi connectivity index (χ1) is 14.9. The molecular formula is C25H39NO5. The van der Waals surface area contributed by atoms with Gasteiger partial charge in [0, 0.05) is 13.0 Å². The quantitative estimate of drug-likeness (QED) is 0.252. The number of amides is 1. The zero-order valence-electron chi connectivity index (χ0n) is 19.6. The zero-order chi connectivity index (χ0) is 23.1. The van der Waals surface area contributed by atoms with Crippen molar-refractivity contribution < 1.29 is 23.9 Å². The summed E-state index contributed by atoms with van der Waals surface area (Å²) in [4.78, 5) is 36.3. The van der Waals surface area contributed by atoms with E-state index in [-0.39, 0.29) is 31.6 Å². The summed E-state index contributed by atoms with van der Waals surface area (Å²) < 4.78 is 10.1. The molecule has 6 heteroatoms. The maximum Gasteiger partial charge on any atom is 0.320 e. The van der Waals surface area contributed by atoms with Gasteiger partial charge in [-0.1, -0.05) is 50.5 Å². The molecule has 0 saturated carbocycles. The Morgan fingerprint density at radius 2 is 1.39 bits per heavy atom. The third kappa shape index (κ3) is 11.0. The summed E-state index contributed by atoms with van der Waals surface area (Å²) in [5, 5.41) is 2.87. The van der Waals surface area contributed by atoms with Crippen LogP contribution in [0.4, 0.5) is 0 Å². The number of nitrogens with one attached hydrogen (secondary N) is 1. The van der Waals surface area contributed by atoms with E-state index in [0.717, 1.165) is 18.4 Å². The first-order valence-corrected chi connectivity index (χ1v) is 11.6. The molecule has 0 aliphatic carbocycles. The van der Waals surface area contributed by atoms with Crippen LogP contribution in [0.25, 0.3) is 0 Å². The number of rotatable bonds is 15. The van der Waals surface area contributed by atoms with Crippen molar-refractivity contribution in [2.24, 2.45) is 5.92 Å². The molecule has 1 unspecified atom stereocenters. The average Bonchev–Trinajstić information content (AvgIpc) is 2.74. The van der Waals surface area contributed by atoms with Crippen LogP contribution in [0.15, 0.2) is 24.3 Å². The van der Waals surface area contributed by atoms with Gasteiger partial charge in [0.05, 0.1) is 13.2 Å². The molecule has 0 saturated heterocycles. The molecule has 1 aromatic rings. The molecule has 1 N–H and O–H groups in total. The van der Waals surface area contributed by atoms with Crippen LogP contribution < -0.4 is 5.32 Å². The van der Waals surface area contributed by atoms with Crippen LogP contribution >= 0.6 is 0 Å². The van der Waals surface area contributed by atoms with Crippen LogP contribution in [0, 0.1) is 5.92 Å². The molecule has 1 atom stereocenters. The van der Waals surface area contributed by atoms with Gasteiger partial charge in [0.2, 0.25) is 5.91 Å². The number of carbonyl (C=O) groups is 3. The van der Waals surface area contributed by atoms with E-state index in [1.165, 1.54) is 38.2 Å². The van der Waals surface area contributed by atoms with Gasteiger partial charge in [-0.3, -0.25) is 14.4 Å². The first kappa shape index (κ1) is 26.7. The van der Waals surface area contributed by atoms with Crippen LogP contribution in [0.5, 0.6) is 0 Å². The van der Waals surface area contributed by atoms with Crippen LogP contribution in [0.3, 0.4) is 0 Å². The standard InChI is InChI=1S/C25H39NO5/c1-5-8-9-10-11-20-12-14-21(15-13-20)16-17-22(26-19(4)27)18-23(24(28)30-6-2)25(29)31-7-3/h12-15,22-23H,5-11,16-18H2,1-4H3,(H,26,27). The lowest BCUT2D eigenvalue weighted by Crippen LogP contribution is -2.39. The molecule has 6 nitrogen and oxygen atoms in total. The molecule has 0 spiro atoms. The van der Waals surface area contributed by atoms with Crippen molar-refractivity contribution in [3.63, 3.8) is 0 Å². The molecular weight excluding hydrogens is 394 g/mol. The predicted octanol–water partition coefficient (Wildman–Crippen LogP) is 4.38. The highest BCUT2D eigenvalue weighted by molar-refractivity contribution is 5.95. The van der Waals surface area contributed by atoms with E-state index in [1.807, 2.05) is 0 Å². The number of hydrogen-bond acceptors (Lipinski definition) is 5. The van der Waals surface area contributed by atoms with Gasteiger partial charge >= 0.3 is 11.9 Å². The van der Waals surface area contributed by atoms with Crippen LogP contribution in [-0.4, -0.2) is 37.1 Å². The van der Waals surface area contributed by atoms with E-state index in [0.29, 0.717) is 6.42 Å². The largest absolute Gasteiger partial charge is 0.465 e. The molecule has 0 bridgehead atoms. The molecule has 1 rings (SSSR count). The van der Waals surface area contributed by atoms with Gasteiger partial charge < -0.3 is 14.8 Å². The Kier molecular flexibility index (Phi) is 13.3. The van der Waals surface area contributed by atoms with E-state index in [2.05, 4.69) is 36.5 Å². The van der Waals surface area contributed by atoms with E-state index < -0.39 is 17.9 Å². The van der Waals surface area contributed by atoms with E-state index in [4.69, 9.17) is 9.47 Å². The van der Waals surface area contributed by atoms with Gasteiger partial charge in [-0.05, 0) is 57.1 Å². The average molecular weight is 434 g/mol. The van der Waals surface area contributed by atoms with Crippen molar-refractivity contribution >= 4 is 17.8 Å². The van der Waals surface area contributed by atoms with Gasteiger partial charge in [0.25, 0.3) is 0 Å². The Labute approximate surface area is 187 Å². The fraction of sp³-hybridized carbons (Fsp3) is 0.640. The number of hydrogen-bond donors (Lipinski definition) is 1. The van der Waals surface area contributed by atoms with Crippen LogP contribution in [0.1, 0.15) is 77.3 Å². The normalized spacial score (nSPS) is 11.8. The molecule has 0 fully saturated rings. The number of unbranched alkanes of at least 4 members (excludes halogenated alkanes) is 3. The highest BCUT2D eigenvalue weighted by Crippen LogP contribution is 2.17. The maximum absolute atomic E-state index is 12.3. The van der Waals surface area contributed by atoms with Crippen molar-refractivity contribution in [2.45, 2.75) is 85.1 Å². The molecule has 0 aliphatic heterocycles. The van der Waals surface area contributed by atoms with Crippen LogP contribution in [0.2, 0.25) is 0 Å². The van der Waals surface area contributed by atoms with E-state index in [9.17, 15) is 14.4 Å². The second-order valence-electron chi connectivity index (χ2n) is 7.86. The number of benzene rings is 1. The fourth-order valence-electron chi connectivity index (χ4n) is 3.56. The van der Waals surface area contributed by atoms with Gasteiger partial charge in [-0.2, -0.15) is 0 Å². The maximum atomic E-state index is 12.3. The summed E-state index contributed by atoms with van der Waals surface area (Å²) in [6, 6.07) is 8.23. The van der Waals surface area contributed by atoms with E-state index in [1.54, 1.807) is 13.8 Å². The summed E-state index contributed by atoms with van der Waals surface area (Å²) in [5.74, 6) is -2.45. The predicted molar refractivity (Wildman–Crippen MR) is 122 cm³/mol. The monoisotopic (exact) mass is 433 g/mol. The molecule has 0 radical (unpaired) electrons. The van der Waals surface area contributed by atoms with Crippen molar-refractivity contribution in [3.8, 4) is 0 Å². The second-order valence-corrected chi connectivity index (χ2v) is 7.86. The molecule has 1 amide bonds. The molecule has 0 aliphatic rings. The minimum atomic E-state index is -1.04. The lowest BCUT2D eigenvalue weighted by Gasteiger charge is -2.22. The summed E-state index contributed by atoms with van der Waals surface area (Å²) in [5.41, 5.74) is 2.50. The Morgan fingerprint density at radius 3 is 1.87 bits per heavy atom. The minimum absolute atomic E-state index is 0.159. The molecule has 31 heavy (non-hydrogen) atoms. The highest BCUT2D eigenvalue weighted by atomic mass is 16.6. The van der Waals surface area contributed by atoms with Crippen molar-refractivity contribution in [1.29, 1.82) is 0 Å². The smallest absolute Gasteiger partial charge is 0.320 e. The lowest BCUT2D eigenvalue weighted by molar-refractivity contribution is -0.162. The summed E-state index contributed by atoms with van der Waals surface area (Å²) in [6.07, 6.45) is 7.59. The number of carbonyl (C=O) groups excluding carboxylic acids is 3. The Balaban J connectivity index is 2.72. The third-order valence-corrected chi connectivity index (χ3v) is 5.19. The topological polar surface area (TPSA) is 81.7 Å². The first-order valence-electron chi connectivity index (χ1n) is 11.6. The highest BCUT2D eigenvalue weighted by Gasteiger charge is 2.32. The van der Waals surface area contributed by atoms with Crippen LogP contribution in [-0.2, 0) is 36.7 Å². The number of aryl methyl sites for hydroxylation is 2. The molecule has 174 valence electrons. The van der Waals surface area contributed by atoms with Crippen molar-refractivity contribution in [1.82, 2.24) is 5.32 Å². The minimum Gasteiger partial charge on any atom is -0.465 e. The number of ether oxygens (including phenoxy) is 2. The summed E-state index contributed by atoms with van der Waals surface area (Å²) in [6.45, 7) is 7.40. The fourth-order valence-corrected chi connectivity index (χ4v) is 3.56. The lowest BCUT2D eigenvalue weighted by atomic mass is 9.94. The van der Waals surface area contributed by atoms with Gasteiger partial charge in [0.1, 0.15) is 0 Å². The number of esters is 2. The Morgan fingerprint density at radius 1 is 0.839 bits per heavy atom. The van der Waals surface area contributed by atoms with Crippen molar-refractivity contribution in [2.75, 3.05) is 13.2 Å². The van der Waals surface area contributed by atoms with Crippen molar-refractivity contribution in [3.05, 3.63) is 35.4 Å². The SMILES string of the molecule is CCCCCCc1ccc(CCC(CC(C(=O)OCC)C(=O)OCC)NC(C)=O)cc1. The van der Waals surface area contributed by atoms with Gasteiger partial charge in [0.15, 0.2) is 5.92 Å². The summed E-state index contributed by atoms with van der Waals surface area (Å²) in [7, 11) is 0. The molecule has 0 aromatic heterocycles. The molecule has 0 heterocycles. The Bertz CT molecular complexity index is 653. The van der Waals surface area contributed by atoms with Gasteiger partial charge in [-0.25, -0.2) is 0 Å². The van der Waals surface area contributed by atoms with E-state index >= 15 is 0 Å². The zero-order valence-corrected chi connectivity index (χ0v) is 19.6. The summed E-state index contributed by atoms with van der Waals surface area (Å²) >= 11 is 0. The third-order valence-electron chi connectivity index (χ3n) is 5.19. The Hall–Kier alpha value is -2.37. The molecule has 1 aromatic carbocycles.